The molecule has 0 saturated heterocycles. The Balaban J connectivity index is 4.85. The highest BCUT2D eigenvalue weighted by molar-refractivity contribution is 7.85. The molecule has 30 heavy (non-hydrogen) atoms. The van der Waals surface area contributed by atoms with Crippen LogP contribution in [0.1, 0.15) is 12.8 Å². The van der Waals surface area contributed by atoms with E-state index in [0.29, 0.717) is 83.3 Å². The van der Waals surface area contributed by atoms with Crippen LogP contribution in [-0.4, -0.2) is 130 Å². The minimum absolute atomic E-state index is 0.339. The summed E-state index contributed by atoms with van der Waals surface area (Å²) in [5.74, 6) is -0.341. The Morgan fingerprint density at radius 3 is 1.33 bits per heavy atom. The maximum absolute atomic E-state index is 10.9. The van der Waals surface area contributed by atoms with E-state index in [-0.39, 0.29) is 5.75 Å². The maximum Gasteiger partial charge on any atom is 0.103 e. The Kier molecular flexibility index (Phi) is 19.1. The second-order valence-corrected chi connectivity index (χ2v) is 8.54. The molecule has 0 unspecified atom stereocenters. The normalized spacial score (nSPS) is 12.5. The average Bonchev–Trinajstić information content (AvgIpc) is 2.70. The molecule has 0 aliphatic heterocycles. The van der Waals surface area contributed by atoms with Crippen molar-refractivity contribution < 1.29 is 45.9 Å². The third kappa shape index (κ3) is 18.4. The smallest absolute Gasteiger partial charge is 0.103 e. The van der Waals surface area contributed by atoms with E-state index in [1.54, 1.807) is 21.3 Å². The van der Waals surface area contributed by atoms with Gasteiger partial charge < -0.3 is 37.5 Å². The van der Waals surface area contributed by atoms with Crippen LogP contribution in [0.4, 0.5) is 0 Å². The van der Waals surface area contributed by atoms with Gasteiger partial charge in [0.15, 0.2) is 0 Å². The summed E-state index contributed by atoms with van der Waals surface area (Å²) in [7, 11) is 0.686. The first-order valence-electron chi connectivity index (χ1n) is 10.4. The van der Waals surface area contributed by atoms with Gasteiger partial charge >= 0.3 is 0 Å². The van der Waals surface area contributed by atoms with E-state index in [1.807, 2.05) is 0 Å². The van der Waals surface area contributed by atoms with Crippen LogP contribution >= 0.6 is 0 Å². The number of hydrogen-bond acceptors (Lipinski definition) is 9. The highest BCUT2D eigenvalue weighted by Gasteiger charge is 2.27. The summed E-state index contributed by atoms with van der Waals surface area (Å²) < 4.78 is 65.5. The van der Waals surface area contributed by atoms with Crippen LogP contribution < -0.4 is 0 Å². The summed E-state index contributed by atoms with van der Waals surface area (Å²) in [5, 5.41) is 0. The average molecular weight is 460 g/mol. The molecule has 0 atom stereocenters. The lowest BCUT2D eigenvalue weighted by molar-refractivity contribution is -0.929. The van der Waals surface area contributed by atoms with E-state index in [4.69, 9.17) is 28.4 Å². The maximum atomic E-state index is 10.9. The second-order valence-electron chi connectivity index (χ2n) is 7.02. The first-order valence-corrected chi connectivity index (χ1v) is 12.0. The van der Waals surface area contributed by atoms with Crippen LogP contribution in [-0.2, 0) is 38.5 Å². The molecule has 0 saturated carbocycles. The first kappa shape index (κ1) is 29.6. The van der Waals surface area contributed by atoms with Crippen molar-refractivity contribution in [3.63, 3.8) is 0 Å². The molecule has 11 heteroatoms. The Labute approximate surface area is 182 Å². The van der Waals surface area contributed by atoms with E-state index < -0.39 is 10.1 Å². The molecule has 0 radical (unpaired) electrons. The third-order valence-electron chi connectivity index (χ3n) is 4.70. The van der Waals surface area contributed by atoms with E-state index in [9.17, 15) is 13.0 Å². The molecule has 0 heterocycles. The Morgan fingerprint density at radius 1 is 0.600 bits per heavy atom. The summed E-state index contributed by atoms with van der Waals surface area (Å²) in [5.41, 5.74) is 0. The summed E-state index contributed by atoms with van der Waals surface area (Å²) >= 11 is 0. The molecular weight excluding hydrogens is 418 g/mol. The van der Waals surface area contributed by atoms with Crippen LogP contribution in [0.5, 0.6) is 0 Å². The van der Waals surface area contributed by atoms with Crippen LogP contribution in [0.2, 0.25) is 0 Å². The van der Waals surface area contributed by atoms with Gasteiger partial charge in [0, 0.05) is 27.1 Å². The fourth-order valence-corrected chi connectivity index (χ4v) is 3.46. The van der Waals surface area contributed by atoms with Gasteiger partial charge in [-0.1, -0.05) is 0 Å². The van der Waals surface area contributed by atoms with Gasteiger partial charge in [0.1, 0.15) is 19.6 Å². The molecule has 0 aromatic rings. The molecule has 0 amide bonds. The predicted octanol–water partition coefficient (Wildman–Crippen LogP) is 0.118. The molecule has 182 valence electrons. The number of methoxy groups -OCH3 is 3. The van der Waals surface area contributed by atoms with Crippen LogP contribution in [0.25, 0.3) is 0 Å². The van der Waals surface area contributed by atoms with Gasteiger partial charge in [-0.15, -0.1) is 0 Å². The fraction of sp³-hybridized carbons (Fsp3) is 1.00. The highest BCUT2D eigenvalue weighted by atomic mass is 32.2. The van der Waals surface area contributed by atoms with Gasteiger partial charge in [0.05, 0.1) is 76.1 Å². The molecule has 0 aliphatic carbocycles. The number of rotatable bonds is 23. The Morgan fingerprint density at radius 2 is 1.00 bits per heavy atom. The molecule has 0 bridgehead atoms. The molecule has 0 aromatic carbocycles. The van der Waals surface area contributed by atoms with E-state index in [1.165, 1.54) is 0 Å². The number of hydrogen-bond donors (Lipinski definition) is 0. The third-order valence-corrected chi connectivity index (χ3v) is 5.49. The summed E-state index contributed by atoms with van der Waals surface area (Å²) in [6, 6.07) is 0. The van der Waals surface area contributed by atoms with Gasteiger partial charge in [0.2, 0.25) is 0 Å². The van der Waals surface area contributed by atoms with Crippen LogP contribution in [0.3, 0.4) is 0 Å². The molecule has 0 aliphatic rings. The lowest BCUT2D eigenvalue weighted by atomic mass is 10.2. The second kappa shape index (κ2) is 19.3. The quantitative estimate of drug-likeness (QED) is 0.119. The highest BCUT2D eigenvalue weighted by Crippen LogP contribution is 2.11. The molecular formula is C19H41NO9S. The largest absolute Gasteiger partial charge is 0.748 e. The fourth-order valence-electron chi connectivity index (χ4n) is 2.90. The van der Waals surface area contributed by atoms with Crippen LogP contribution in [0.15, 0.2) is 0 Å². The zero-order chi connectivity index (χ0) is 22.6. The van der Waals surface area contributed by atoms with Gasteiger partial charge in [-0.3, -0.25) is 0 Å². The number of ether oxygens (including phenoxy) is 6. The van der Waals surface area contributed by atoms with E-state index >= 15 is 0 Å². The van der Waals surface area contributed by atoms with Crippen molar-refractivity contribution >= 4 is 10.1 Å². The lowest BCUT2D eigenvalue weighted by Gasteiger charge is -2.39. The minimum atomic E-state index is -4.20. The monoisotopic (exact) mass is 459 g/mol. The summed E-state index contributed by atoms with van der Waals surface area (Å²) in [6.45, 7) is 7.66. The van der Waals surface area contributed by atoms with Crippen molar-refractivity contribution in [3.05, 3.63) is 0 Å². The number of quaternary nitrogens is 1. The molecule has 0 fully saturated rings. The van der Waals surface area contributed by atoms with Crippen molar-refractivity contribution in [1.29, 1.82) is 0 Å². The van der Waals surface area contributed by atoms with E-state index in [2.05, 4.69) is 0 Å². The summed E-state index contributed by atoms with van der Waals surface area (Å²) in [6.07, 6.45) is 0.959. The minimum Gasteiger partial charge on any atom is -0.748 e. The van der Waals surface area contributed by atoms with Crippen molar-refractivity contribution in [2.45, 2.75) is 12.8 Å². The number of unbranched alkanes of at least 4 members (excludes halogenated alkanes) is 1. The molecule has 0 aromatic heterocycles. The SMILES string of the molecule is COCCOCC[N+](CCCCS(=O)(=O)[O-])(CCOCCOC)CCOCCOC. The molecule has 0 spiro atoms. The van der Waals surface area contributed by atoms with Gasteiger partial charge in [-0.2, -0.15) is 0 Å². The van der Waals surface area contributed by atoms with Gasteiger partial charge in [0.25, 0.3) is 0 Å². The van der Waals surface area contributed by atoms with E-state index in [0.717, 1.165) is 19.6 Å². The molecule has 10 nitrogen and oxygen atoms in total. The topological polar surface area (TPSA) is 113 Å². The van der Waals surface area contributed by atoms with Crippen molar-refractivity contribution in [2.75, 3.05) is 113 Å². The lowest BCUT2D eigenvalue weighted by Crippen LogP contribution is -2.54. The van der Waals surface area contributed by atoms with Crippen LogP contribution in [0, 0.1) is 0 Å². The standard InChI is InChI=1S/C19H41NO9S/c1-24-13-16-27-10-7-20(8-11-28-17-14-25-2,9-12-29-18-15-26-3)6-4-5-19-30(21,22)23/h4-19H2,1-3H3. The first-order chi connectivity index (χ1) is 14.4. The van der Waals surface area contributed by atoms with Crippen molar-refractivity contribution in [3.8, 4) is 0 Å². The summed E-state index contributed by atoms with van der Waals surface area (Å²) in [4.78, 5) is 0. The number of nitrogens with zero attached hydrogens (tertiary/aromatic N) is 1. The zero-order valence-electron chi connectivity index (χ0n) is 18.8. The van der Waals surface area contributed by atoms with Gasteiger partial charge in [-0.05, 0) is 12.8 Å². The predicted molar refractivity (Wildman–Crippen MR) is 112 cm³/mol. The zero-order valence-corrected chi connectivity index (χ0v) is 19.7. The van der Waals surface area contributed by atoms with Crippen molar-refractivity contribution in [2.24, 2.45) is 0 Å². The Hall–Kier alpha value is -0.370. The molecule has 0 rings (SSSR count). The molecule has 0 N–H and O–H groups in total. The Bertz CT molecular complexity index is 441. The van der Waals surface area contributed by atoms with Gasteiger partial charge in [-0.25, -0.2) is 8.42 Å². The van der Waals surface area contributed by atoms with Crippen molar-refractivity contribution in [1.82, 2.24) is 0 Å².